The van der Waals surface area contributed by atoms with Crippen molar-refractivity contribution in [2.75, 3.05) is 43.7 Å². The molecule has 280 valence electrons. The molecule has 1 aliphatic heterocycles. The number of fused-ring (bicyclic) bond motifs is 1. The molecular formula is C35H36F7N4O5P. The number of carboxylic acids is 1. The topological polar surface area (TPSA) is 118 Å². The number of nitrogens with zero attached hydrogens (tertiary/aromatic N) is 3. The first-order valence-electron chi connectivity index (χ1n) is 15.7. The van der Waals surface area contributed by atoms with E-state index in [9.17, 15) is 45.1 Å². The summed E-state index contributed by atoms with van der Waals surface area (Å²) in [6.07, 6.45) is -9.24. The number of nitrogens with two attached hydrogens (primary N) is 1. The van der Waals surface area contributed by atoms with Crippen LogP contribution in [0.25, 0.3) is 10.9 Å². The molecule has 4 aromatic rings. The number of rotatable bonds is 8. The zero-order valence-electron chi connectivity index (χ0n) is 28.2. The van der Waals surface area contributed by atoms with E-state index in [0.717, 1.165) is 11.0 Å². The molecule has 3 N–H and O–H groups in total. The molecule has 1 fully saturated rings. The minimum absolute atomic E-state index is 0.0242. The first-order valence-corrected chi connectivity index (χ1v) is 16.3. The predicted octanol–water partition coefficient (Wildman–Crippen LogP) is 5.42. The summed E-state index contributed by atoms with van der Waals surface area (Å²) in [5.74, 6) is -2.87. The number of benzene rings is 3. The van der Waals surface area contributed by atoms with Crippen LogP contribution in [0.15, 0.2) is 59.4 Å². The van der Waals surface area contributed by atoms with Gasteiger partial charge >= 0.3 is 18.3 Å². The summed E-state index contributed by atoms with van der Waals surface area (Å²) in [6.45, 7) is -0.434. The Balaban J connectivity index is 0.000000251. The maximum Gasteiger partial charge on any atom is 0.417 e. The van der Waals surface area contributed by atoms with Gasteiger partial charge in [-0.05, 0) is 53.2 Å². The fraction of sp³-hybridized carbons (Fsp3) is 0.343. The van der Waals surface area contributed by atoms with Crippen LogP contribution in [0.1, 0.15) is 39.0 Å². The number of anilines is 2. The van der Waals surface area contributed by atoms with E-state index >= 15 is 0 Å². The number of pyridine rings is 1. The van der Waals surface area contributed by atoms with E-state index in [4.69, 9.17) is 15.6 Å². The maximum atomic E-state index is 14.2. The molecule has 1 aliphatic rings. The van der Waals surface area contributed by atoms with E-state index in [2.05, 4.69) is 9.24 Å². The largest absolute Gasteiger partial charge is 0.481 e. The van der Waals surface area contributed by atoms with Crippen molar-refractivity contribution >= 4 is 48.7 Å². The molecule has 0 aliphatic carbocycles. The Kier molecular flexibility index (Phi) is 12.3. The number of carbonyl (C=O) groups excluding carboxylic acids is 1. The molecule has 0 spiro atoms. The highest BCUT2D eigenvalue weighted by molar-refractivity contribution is 7.27. The lowest BCUT2D eigenvalue weighted by Gasteiger charge is -2.38. The van der Waals surface area contributed by atoms with Gasteiger partial charge in [-0.25, -0.2) is 4.39 Å². The van der Waals surface area contributed by atoms with Gasteiger partial charge in [0.05, 0.1) is 29.9 Å². The minimum atomic E-state index is -4.72. The van der Waals surface area contributed by atoms with E-state index in [0.29, 0.717) is 16.8 Å². The van der Waals surface area contributed by atoms with Crippen molar-refractivity contribution in [1.29, 1.82) is 0 Å². The summed E-state index contributed by atoms with van der Waals surface area (Å²) in [6, 6.07) is 11.7. The van der Waals surface area contributed by atoms with E-state index in [1.807, 2.05) is 0 Å². The molecule has 17 heteroatoms. The molecule has 1 saturated heterocycles. The van der Waals surface area contributed by atoms with Gasteiger partial charge in [0, 0.05) is 62.9 Å². The Morgan fingerprint density at radius 3 is 2.29 bits per heavy atom. The van der Waals surface area contributed by atoms with Crippen LogP contribution in [0.5, 0.6) is 0 Å². The van der Waals surface area contributed by atoms with Crippen LogP contribution in [0, 0.1) is 5.82 Å². The molecule has 0 radical (unpaired) electrons. The number of carboxylic acid groups (broad SMARTS) is 1. The number of aryl methyl sites for hydroxylation is 2. The van der Waals surface area contributed by atoms with Crippen LogP contribution >= 0.6 is 9.24 Å². The standard InChI is InChI=1S/C23H23F3N2O3.C12H13F4N2O2P/c1-27(2)16-8-9-19-17(13-16)21(23(24,25)26)18(22(31)28(19)3)12-15-6-4-5-14(11-15)7-10-20(29)30;13-7-3-6(4-8(21)10(7)11(17)19)18-1-2-20-5-9(18)12(14,15)16/h4-6,8-9,11,13H,7,10,12H2,1-3H3,(H,29,30);3-4,9H,1-2,5,21H2,(H2,17,19). The summed E-state index contributed by atoms with van der Waals surface area (Å²) in [5, 5.41) is 8.95. The first kappa shape index (κ1) is 40.1. The predicted molar refractivity (Wildman–Crippen MR) is 186 cm³/mol. The summed E-state index contributed by atoms with van der Waals surface area (Å²) in [4.78, 5) is 37.6. The number of carbonyl (C=O) groups is 2. The lowest BCUT2D eigenvalue weighted by atomic mass is 9.95. The van der Waals surface area contributed by atoms with Gasteiger partial charge in [-0.2, -0.15) is 26.3 Å². The number of morpholine rings is 1. The zero-order valence-corrected chi connectivity index (χ0v) is 29.4. The molecule has 2 heterocycles. The highest BCUT2D eigenvalue weighted by atomic mass is 31.0. The van der Waals surface area contributed by atoms with Crippen LogP contribution in [0.3, 0.4) is 0 Å². The fourth-order valence-corrected chi connectivity index (χ4v) is 6.39. The third-order valence-electron chi connectivity index (χ3n) is 8.46. The number of hydrogen-bond donors (Lipinski definition) is 2. The fourth-order valence-electron chi connectivity index (χ4n) is 5.94. The quantitative estimate of drug-likeness (QED) is 0.182. The number of ether oxygens (including phenoxy) is 1. The Hall–Kier alpha value is -4.69. The highest BCUT2D eigenvalue weighted by Crippen LogP contribution is 2.38. The Labute approximate surface area is 296 Å². The molecule has 0 bridgehead atoms. The second kappa shape index (κ2) is 15.9. The number of alkyl halides is 6. The molecule has 1 amide bonds. The Morgan fingerprint density at radius 2 is 1.71 bits per heavy atom. The van der Waals surface area contributed by atoms with Crippen molar-refractivity contribution in [3.05, 3.63) is 98.6 Å². The number of aliphatic carboxylic acids is 1. The summed E-state index contributed by atoms with van der Waals surface area (Å²) < 4.78 is 102. The Bertz CT molecular complexity index is 2010. The number of halogens is 7. The maximum absolute atomic E-state index is 14.2. The van der Waals surface area contributed by atoms with E-state index < -0.39 is 53.8 Å². The van der Waals surface area contributed by atoms with Gasteiger partial charge in [-0.1, -0.05) is 24.3 Å². The van der Waals surface area contributed by atoms with E-state index in [1.165, 1.54) is 29.8 Å². The minimum Gasteiger partial charge on any atom is -0.481 e. The first-order chi connectivity index (χ1) is 24.2. The summed E-state index contributed by atoms with van der Waals surface area (Å²) in [5.41, 5.74) is 4.79. The van der Waals surface area contributed by atoms with E-state index in [1.54, 1.807) is 49.3 Å². The molecule has 52 heavy (non-hydrogen) atoms. The van der Waals surface area contributed by atoms with Crippen LogP contribution < -0.4 is 26.4 Å². The van der Waals surface area contributed by atoms with Crippen LogP contribution in [-0.4, -0.2) is 67.6 Å². The van der Waals surface area contributed by atoms with Gasteiger partial charge in [0.25, 0.3) is 11.5 Å². The second-order valence-corrected chi connectivity index (χ2v) is 12.9. The van der Waals surface area contributed by atoms with Gasteiger partial charge in [0.1, 0.15) is 11.9 Å². The molecule has 2 atom stereocenters. The molecule has 1 aromatic heterocycles. The Morgan fingerprint density at radius 1 is 1.04 bits per heavy atom. The molecule has 9 nitrogen and oxygen atoms in total. The summed E-state index contributed by atoms with van der Waals surface area (Å²) >= 11 is 0. The van der Waals surface area contributed by atoms with Crippen molar-refractivity contribution in [3.63, 3.8) is 0 Å². The molecular weight excluding hydrogens is 720 g/mol. The molecule has 3 aromatic carbocycles. The van der Waals surface area contributed by atoms with E-state index in [-0.39, 0.29) is 65.4 Å². The normalized spacial score (nSPS) is 14.9. The molecule has 0 saturated carbocycles. The summed E-state index contributed by atoms with van der Waals surface area (Å²) in [7, 11) is 7.04. The lowest BCUT2D eigenvalue weighted by Crippen LogP contribution is -2.53. The van der Waals surface area contributed by atoms with Gasteiger partial charge in [-0.3, -0.25) is 14.4 Å². The van der Waals surface area contributed by atoms with Gasteiger partial charge in [0.2, 0.25) is 0 Å². The van der Waals surface area contributed by atoms with Gasteiger partial charge < -0.3 is 29.9 Å². The number of hydrogen-bond acceptors (Lipinski definition) is 6. The van der Waals surface area contributed by atoms with Gasteiger partial charge in [0.15, 0.2) is 0 Å². The second-order valence-electron chi connectivity index (χ2n) is 12.3. The van der Waals surface area contributed by atoms with Crippen molar-refractivity contribution < 1.29 is 50.2 Å². The highest BCUT2D eigenvalue weighted by Gasteiger charge is 2.45. The third-order valence-corrected chi connectivity index (χ3v) is 8.92. The zero-order chi connectivity index (χ0) is 38.7. The number of amides is 1. The van der Waals surface area contributed by atoms with Crippen LogP contribution in [0.2, 0.25) is 0 Å². The SMILES string of the molecule is CN(C)c1ccc2c(c1)c(C(F)(F)F)c(Cc1cccc(CCC(=O)O)c1)c(=O)n2C.NC(=O)c1c(F)cc(N2CCOCC2C(F)(F)F)cc1P. The van der Waals surface area contributed by atoms with Crippen molar-refractivity contribution in [3.8, 4) is 0 Å². The lowest BCUT2D eigenvalue weighted by molar-refractivity contribution is -0.167. The molecule has 5 rings (SSSR count). The van der Waals surface area contributed by atoms with Crippen molar-refractivity contribution in [2.45, 2.75) is 37.7 Å². The third kappa shape index (κ3) is 9.20. The van der Waals surface area contributed by atoms with Gasteiger partial charge in [-0.15, -0.1) is 9.24 Å². The monoisotopic (exact) mass is 756 g/mol. The van der Waals surface area contributed by atoms with Crippen LogP contribution in [-0.2, 0) is 35.6 Å². The van der Waals surface area contributed by atoms with Crippen molar-refractivity contribution in [1.82, 2.24) is 4.57 Å². The number of aromatic nitrogens is 1. The van der Waals surface area contributed by atoms with Crippen LogP contribution in [0.4, 0.5) is 42.1 Å². The number of primary amides is 1. The molecule has 2 unspecified atom stereocenters. The average molecular weight is 757 g/mol. The average Bonchev–Trinajstić information content (AvgIpc) is 3.05. The smallest absolute Gasteiger partial charge is 0.417 e. The van der Waals surface area contributed by atoms with Crippen molar-refractivity contribution in [2.24, 2.45) is 12.8 Å².